The maximum Gasteiger partial charge on any atom is 0.433 e. The number of nitrogens with one attached hydrogen (secondary N) is 2. The van der Waals surface area contributed by atoms with Gasteiger partial charge in [0.1, 0.15) is 0 Å². The number of halogens is 3. The van der Waals surface area contributed by atoms with Gasteiger partial charge in [-0.05, 0) is 12.1 Å². The van der Waals surface area contributed by atoms with Gasteiger partial charge in [-0.15, -0.1) is 0 Å². The van der Waals surface area contributed by atoms with Gasteiger partial charge in [-0.1, -0.05) is 18.2 Å². The number of para-hydroxylation sites is 1. The van der Waals surface area contributed by atoms with Gasteiger partial charge < -0.3 is 10.2 Å². The number of hydrogen-bond acceptors (Lipinski definition) is 5. The Balaban J connectivity index is 1.48. The van der Waals surface area contributed by atoms with E-state index in [1.165, 1.54) is 5.69 Å². The van der Waals surface area contributed by atoms with E-state index >= 15 is 0 Å². The lowest BCUT2D eigenvalue weighted by Gasteiger charge is -2.36. The Morgan fingerprint density at radius 3 is 2.46 bits per heavy atom. The maximum absolute atomic E-state index is 12.7. The zero-order chi connectivity index (χ0) is 18.6. The highest BCUT2D eigenvalue weighted by Gasteiger charge is 2.33. The van der Waals surface area contributed by atoms with Crippen molar-refractivity contribution in [2.45, 2.75) is 6.18 Å². The number of anilines is 2. The van der Waals surface area contributed by atoms with Gasteiger partial charge in [0.2, 0.25) is 5.95 Å². The molecule has 0 aliphatic carbocycles. The molecule has 0 amide bonds. The minimum Gasteiger partial charge on any atom is -0.369 e. The van der Waals surface area contributed by atoms with Crippen LogP contribution in [0.2, 0.25) is 0 Å². The lowest BCUT2D eigenvalue weighted by atomic mass is 10.2. The minimum absolute atomic E-state index is 0.159. The van der Waals surface area contributed by atoms with Gasteiger partial charge in [0.15, 0.2) is 5.69 Å². The van der Waals surface area contributed by atoms with E-state index in [-0.39, 0.29) is 5.95 Å². The van der Waals surface area contributed by atoms with Crippen molar-refractivity contribution >= 4 is 11.6 Å². The molecule has 1 aromatic heterocycles. The van der Waals surface area contributed by atoms with Gasteiger partial charge in [0.25, 0.3) is 5.56 Å². The molecule has 1 saturated heterocycles. The summed E-state index contributed by atoms with van der Waals surface area (Å²) in [5.41, 5.74) is -0.831. The Morgan fingerprint density at radius 1 is 1.12 bits per heavy atom. The average molecular weight is 367 g/mol. The van der Waals surface area contributed by atoms with E-state index in [1.807, 2.05) is 18.2 Å². The van der Waals surface area contributed by atoms with Crippen molar-refractivity contribution in [1.29, 1.82) is 0 Å². The van der Waals surface area contributed by atoms with Crippen LogP contribution in [0.5, 0.6) is 0 Å². The van der Waals surface area contributed by atoms with E-state index in [4.69, 9.17) is 0 Å². The molecular formula is C17H20F3N5O. The Bertz CT molecular complexity index is 770. The van der Waals surface area contributed by atoms with Gasteiger partial charge in [0, 0.05) is 51.0 Å². The van der Waals surface area contributed by atoms with Crippen LogP contribution in [-0.4, -0.2) is 54.1 Å². The summed E-state index contributed by atoms with van der Waals surface area (Å²) in [5, 5.41) is 2.77. The number of benzene rings is 1. The summed E-state index contributed by atoms with van der Waals surface area (Å²) in [7, 11) is 0. The van der Waals surface area contributed by atoms with Crippen LogP contribution < -0.4 is 15.8 Å². The standard InChI is InChI=1S/C17H20F3N5O/c18-17(19,20)14-12-15(26)23-16(22-14)21-6-7-24-8-10-25(11-9-24)13-4-2-1-3-5-13/h1-5,12H,6-11H2,(H2,21,22,23,26). The molecule has 1 aliphatic heterocycles. The van der Waals surface area contributed by atoms with Crippen molar-refractivity contribution in [1.82, 2.24) is 14.9 Å². The molecule has 1 aromatic carbocycles. The molecule has 140 valence electrons. The van der Waals surface area contributed by atoms with Crippen molar-refractivity contribution in [2.24, 2.45) is 0 Å². The molecule has 0 radical (unpaired) electrons. The quantitative estimate of drug-likeness (QED) is 0.847. The summed E-state index contributed by atoms with van der Waals surface area (Å²) in [6.07, 6.45) is -4.64. The monoisotopic (exact) mass is 367 g/mol. The molecule has 2 heterocycles. The van der Waals surface area contributed by atoms with Crippen molar-refractivity contribution in [3.05, 3.63) is 52.4 Å². The first kappa shape index (κ1) is 18.2. The fourth-order valence-electron chi connectivity index (χ4n) is 2.89. The zero-order valence-electron chi connectivity index (χ0n) is 14.1. The van der Waals surface area contributed by atoms with E-state index in [0.717, 1.165) is 26.2 Å². The fourth-order valence-corrected chi connectivity index (χ4v) is 2.89. The minimum atomic E-state index is -4.64. The third-order valence-corrected chi connectivity index (χ3v) is 4.25. The molecule has 9 heteroatoms. The lowest BCUT2D eigenvalue weighted by molar-refractivity contribution is -0.141. The van der Waals surface area contributed by atoms with E-state index in [2.05, 4.69) is 37.2 Å². The molecule has 0 unspecified atom stereocenters. The van der Waals surface area contributed by atoms with E-state index in [9.17, 15) is 18.0 Å². The summed E-state index contributed by atoms with van der Waals surface area (Å²) in [5.74, 6) is -0.159. The van der Waals surface area contributed by atoms with Crippen LogP contribution >= 0.6 is 0 Å². The summed E-state index contributed by atoms with van der Waals surface area (Å²) in [6.45, 7) is 4.57. The molecule has 6 nitrogen and oxygen atoms in total. The molecule has 0 bridgehead atoms. The van der Waals surface area contributed by atoms with Crippen LogP contribution in [0.4, 0.5) is 24.8 Å². The van der Waals surface area contributed by atoms with Crippen LogP contribution in [0.1, 0.15) is 5.69 Å². The van der Waals surface area contributed by atoms with Crippen LogP contribution in [0, 0.1) is 0 Å². The van der Waals surface area contributed by atoms with Gasteiger partial charge in [0.05, 0.1) is 0 Å². The van der Waals surface area contributed by atoms with Crippen LogP contribution in [-0.2, 0) is 6.18 Å². The fraction of sp³-hybridized carbons (Fsp3) is 0.412. The van der Waals surface area contributed by atoms with E-state index in [0.29, 0.717) is 19.2 Å². The molecule has 1 aliphatic rings. The first-order valence-corrected chi connectivity index (χ1v) is 8.36. The van der Waals surface area contributed by atoms with Gasteiger partial charge in [-0.25, -0.2) is 4.98 Å². The molecular weight excluding hydrogens is 347 g/mol. The highest BCUT2D eigenvalue weighted by Crippen LogP contribution is 2.26. The molecule has 2 N–H and O–H groups in total. The molecule has 2 aromatic rings. The van der Waals surface area contributed by atoms with Gasteiger partial charge in [-0.3, -0.25) is 14.7 Å². The summed E-state index contributed by atoms with van der Waals surface area (Å²) >= 11 is 0. The predicted octanol–water partition coefficient (Wildman–Crippen LogP) is 2.02. The van der Waals surface area contributed by atoms with Crippen LogP contribution in [0.15, 0.2) is 41.2 Å². The topological polar surface area (TPSA) is 64.3 Å². The largest absolute Gasteiger partial charge is 0.433 e. The van der Waals surface area contributed by atoms with Crippen LogP contribution in [0.25, 0.3) is 0 Å². The van der Waals surface area contributed by atoms with Crippen molar-refractivity contribution in [3.63, 3.8) is 0 Å². The maximum atomic E-state index is 12.7. The molecule has 0 atom stereocenters. The SMILES string of the molecule is O=c1cc(C(F)(F)F)nc(NCCN2CCN(c3ccccc3)CC2)[nH]1. The second-order valence-corrected chi connectivity index (χ2v) is 6.07. The van der Waals surface area contributed by atoms with Crippen molar-refractivity contribution in [2.75, 3.05) is 49.5 Å². The Labute approximate surface area is 148 Å². The number of aromatic nitrogens is 2. The highest BCUT2D eigenvalue weighted by molar-refractivity contribution is 5.46. The normalized spacial score (nSPS) is 15.9. The Kier molecular flexibility index (Phi) is 5.46. The second kappa shape index (κ2) is 7.77. The van der Waals surface area contributed by atoms with Gasteiger partial charge in [-0.2, -0.15) is 13.2 Å². The number of alkyl halides is 3. The third kappa shape index (κ3) is 4.75. The molecule has 1 fully saturated rings. The number of hydrogen-bond donors (Lipinski definition) is 2. The first-order chi connectivity index (χ1) is 12.4. The summed E-state index contributed by atoms with van der Waals surface area (Å²) in [6, 6.07) is 10.6. The number of rotatable bonds is 5. The second-order valence-electron chi connectivity index (χ2n) is 6.07. The smallest absolute Gasteiger partial charge is 0.369 e. The molecule has 0 spiro atoms. The van der Waals surface area contributed by atoms with Crippen LogP contribution in [0.3, 0.4) is 0 Å². The van der Waals surface area contributed by atoms with Crippen molar-refractivity contribution in [3.8, 4) is 0 Å². The highest BCUT2D eigenvalue weighted by atomic mass is 19.4. The summed E-state index contributed by atoms with van der Waals surface area (Å²) < 4.78 is 38.0. The molecule has 3 rings (SSSR count). The third-order valence-electron chi connectivity index (χ3n) is 4.25. The first-order valence-electron chi connectivity index (χ1n) is 8.36. The Hall–Kier alpha value is -2.55. The summed E-state index contributed by atoms with van der Waals surface area (Å²) in [4.78, 5) is 21.6. The number of piperazine rings is 1. The number of H-pyrrole nitrogens is 1. The molecule has 26 heavy (non-hydrogen) atoms. The van der Waals surface area contributed by atoms with E-state index in [1.54, 1.807) is 0 Å². The number of nitrogens with zero attached hydrogens (tertiary/aromatic N) is 3. The van der Waals surface area contributed by atoms with Crippen molar-refractivity contribution < 1.29 is 13.2 Å². The zero-order valence-corrected chi connectivity index (χ0v) is 14.1. The van der Waals surface area contributed by atoms with E-state index < -0.39 is 17.4 Å². The average Bonchev–Trinajstić information content (AvgIpc) is 2.62. The lowest BCUT2D eigenvalue weighted by Crippen LogP contribution is -2.47. The Morgan fingerprint density at radius 2 is 1.81 bits per heavy atom. The predicted molar refractivity (Wildman–Crippen MR) is 93.4 cm³/mol. The number of aromatic amines is 1. The molecule has 0 saturated carbocycles. The van der Waals surface area contributed by atoms with Gasteiger partial charge >= 0.3 is 6.18 Å².